The number of pyridine rings is 1. The molecule has 3 heterocycles. The van der Waals surface area contributed by atoms with Gasteiger partial charge in [0.2, 0.25) is 15.9 Å². The Morgan fingerprint density at radius 1 is 1.26 bits per heavy atom. The fourth-order valence-electron chi connectivity index (χ4n) is 3.95. The Morgan fingerprint density at radius 3 is 2.77 bits per heavy atom. The first kappa shape index (κ1) is 23.6. The number of hydrogen-bond donors (Lipinski definition) is 3. The van der Waals surface area contributed by atoms with Gasteiger partial charge >= 0.3 is 0 Å². The molecule has 3 aromatic heterocycles. The molecule has 2 fully saturated rings. The number of rotatable bonds is 9. The van der Waals surface area contributed by atoms with Crippen LogP contribution in [0.3, 0.4) is 0 Å². The van der Waals surface area contributed by atoms with Crippen LogP contribution in [0.2, 0.25) is 0 Å². The van der Waals surface area contributed by atoms with Gasteiger partial charge in [0.25, 0.3) is 5.91 Å². The minimum atomic E-state index is -3.44. The molecule has 3 aromatic rings. The van der Waals surface area contributed by atoms with E-state index in [1.165, 1.54) is 12.4 Å². The quantitative estimate of drug-likeness (QED) is 0.387. The number of carbonyl (C=O) groups excluding carboxylic acids is 1. The van der Waals surface area contributed by atoms with Crippen LogP contribution in [-0.4, -0.2) is 57.3 Å². The molecule has 2 aliphatic rings. The van der Waals surface area contributed by atoms with Crippen molar-refractivity contribution in [3.8, 4) is 16.5 Å². The van der Waals surface area contributed by atoms with Gasteiger partial charge in [-0.25, -0.2) is 18.4 Å². The van der Waals surface area contributed by atoms with Crippen molar-refractivity contribution in [2.24, 2.45) is 0 Å². The lowest BCUT2D eigenvalue weighted by atomic mass is 9.71. The van der Waals surface area contributed by atoms with Gasteiger partial charge in [0.15, 0.2) is 5.01 Å². The molecule has 2 aliphatic carbocycles. The maximum absolute atomic E-state index is 13.1. The summed E-state index contributed by atoms with van der Waals surface area (Å²) < 4.78 is 32.6. The SMILES string of the molecule is CCOc1cncc(-c2cnc(C(=O)N[C@]3(c4cc(NS(=O)(=O)C5CC5)ccn4)C[C@H](O)C3)s2)n1. The number of anilines is 1. The number of ether oxygens (including phenoxy) is 1. The number of hydrogen-bond acceptors (Lipinski definition) is 10. The zero-order chi connectivity index (χ0) is 24.6. The average molecular weight is 517 g/mol. The van der Waals surface area contributed by atoms with E-state index in [4.69, 9.17) is 4.74 Å². The number of aliphatic hydroxyl groups excluding tert-OH is 1. The zero-order valence-electron chi connectivity index (χ0n) is 18.8. The Hall–Kier alpha value is -3.16. The lowest BCUT2D eigenvalue weighted by molar-refractivity contribution is -0.00109. The lowest BCUT2D eigenvalue weighted by Crippen LogP contribution is -2.57. The Bertz CT molecular complexity index is 1350. The van der Waals surface area contributed by atoms with E-state index in [0.29, 0.717) is 47.3 Å². The van der Waals surface area contributed by atoms with Crippen LogP contribution in [0.4, 0.5) is 5.69 Å². The minimum Gasteiger partial charge on any atom is -0.477 e. The van der Waals surface area contributed by atoms with E-state index < -0.39 is 27.6 Å². The highest BCUT2D eigenvalue weighted by Crippen LogP contribution is 2.42. The van der Waals surface area contributed by atoms with Crippen LogP contribution >= 0.6 is 11.3 Å². The molecule has 11 nitrogen and oxygen atoms in total. The van der Waals surface area contributed by atoms with Crippen molar-refractivity contribution >= 4 is 33.0 Å². The molecule has 3 N–H and O–H groups in total. The maximum atomic E-state index is 13.1. The van der Waals surface area contributed by atoms with Crippen LogP contribution < -0.4 is 14.8 Å². The number of aromatic nitrogens is 4. The molecule has 13 heteroatoms. The van der Waals surface area contributed by atoms with E-state index in [0.717, 1.165) is 11.3 Å². The minimum absolute atomic E-state index is 0.218. The molecular formula is C22H24N6O5S2. The molecule has 184 valence electrons. The number of thiazole rings is 1. The van der Waals surface area contributed by atoms with Gasteiger partial charge in [-0.3, -0.25) is 19.5 Å². The van der Waals surface area contributed by atoms with Crippen molar-refractivity contribution in [3.05, 3.63) is 47.6 Å². The van der Waals surface area contributed by atoms with Gasteiger partial charge in [-0.1, -0.05) is 0 Å². The Kier molecular flexibility index (Phi) is 6.15. The monoisotopic (exact) mass is 516 g/mol. The molecular weight excluding hydrogens is 492 g/mol. The number of nitrogens with zero attached hydrogens (tertiary/aromatic N) is 4. The molecule has 0 radical (unpaired) electrons. The van der Waals surface area contributed by atoms with Gasteiger partial charge in [-0.15, -0.1) is 11.3 Å². The molecule has 1 amide bonds. The number of nitrogens with one attached hydrogen (secondary N) is 2. The maximum Gasteiger partial charge on any atom is 0.281 e. The average Bonchev–Trinajstić information content (AvgIpc) is 3.56. The zero-order valence-corrected chi connectivity index (χ0v) is 20.5. The van der Waals surface area contributed by atoms with E-state index in [1.807, 2.05) is 6.92 Å². The summed E-state index contributed by atoms with van der Waals surface area (Å²) in [6, 6.07) is 3.17. The summed E-state index contributed by atoms with van der Waals surface area (Å²) in [5.74, 6) is -0.0390. The highest BCUT2D eigenvalue weighted by molar-refractivity contribution is 7.93. The van der Waals surface area contributed by atoms with Crippen molar-refractivity contribution in [1.29, 1.82) is 0 Å². The predicted molar refractivity (Wildman–Crippen MR) is 128 cm³/mol. The fraction of sp³-hybridized carbons (Fsp3) is 0.409. The van der Waals surface area contributed by atoms with E-state index in [2.05, 4.69) is 30.0 Å². The summed E-state index contributed by atoms with van der Waals surface area (Å²) in [6.45, 7) is 2.31. The standard InChI is InChI=1S/C22H24N6O5S2/c1-2-33-19-12-23-10-16(26-19)17-11-25-21(34-17)20(30)27-22(8-14(29)9-22)18-7-13(5-6-24-18)28-35(31,32)15-3-4-15/h5-7,10-12,14-15,29H,2-4,8-9H2,1H3,(H,24,28)(H,27,30)/t14-,22+. The highest BCUT2D eigenvalue weighted by atomic mass is 32.2. The lowest BCUT2D eigenvalue weighted by Gasteiger charge is -2.45. The van der Waals surface area contributed by atoms with E-state index in [1.54, 1.807) is 24.5 Å². The molecule has 2 saturated carbocycles. The molecule has 0 unspecified atom stereocenters. The van der Waals surface area contributed by atoms with Crippen LogP contribution in [0.5, 0.6) is 5.88 Å². The van der Waals surface area contributed by atoms with Gasteiger partial charge in [0.05, 0.1) is 52.2 Å². The molecule has 0 saturated heterocycles. The van der Waals surface area contributed by atoms with Crippen molar-refractivity contribution in [1.82, 2.24) is 25.3 Å². The number of carbonyl (C=O) groups is 1. The van der Waals surface area contributed by atoms with Crippen LogP contribution in [0.25, 0.3) is 10.6 Å². The Balaban J connectivity index is 1.35. The van der Waals surface area contributed by atoms with Crippen LogP contribution in [-0.2, 0) is 15.6 Å². The van der Waals surface area contributed by atoms with Crippen molar-refractivity contribution in [2.75, 3.05) is 11.3 Å². The Labute approximate surface area is 206 Å². The van der Waals surface area contributed by atoms with Gasteiger partial charge < -0.3 is 15.2 Å². The van der Waals surface area contributed by atoms with Gasteiger partial charge in [0.1, 0.15) is 5.69 Å². The third-order valence-corrected chi connectivity index (χ3v) is 8.74. The van der Waals surface area contributed by atoms with Crippen molar-refractivity contribution < 1.29 is 23.1 Å². The first-order valence-corrected chi connectivity index (χ1v) is 13.5. The second kappa shape index (κ2) is 9.13. The molecule has 0 aromatic carbocycles. The third kappa shape index (κ3) is 4.97. The largest absolute Gasteiger partial charge is 0.477 e. The first-order chi connectivity index (χ1) is 16.8. The highest BCUT2D eigenvalue weighted by Gasteiger charge is 2.48. The van der Waals surface area contributed by atoms with E-state index in [-0.39, 0.29) is 23.1 Å². The van der Waals surface area contributed by atoms with Crippen LogP contribution in [0, 0.1) is 0 Å². The van der Waals surface area contributed by atoms with Crippen molar-refractivity contribution in [3.63, 3.8) is 0 Å². The Morgan fingerprint density at radius 2 is 2.06 bits per heavy atom. The van der Waals surface area contributed by atoms with Crippen LogP contribution in [0.15, 0.2) is 36.9 Å². The topological polar surface area (TPSA) is 156 Å². The predicted octanol–water partition coefficient (Wildman–Crippen LogP) is 2.08. The van der Waals surface area contributed by atoms with E-state index >= 15 is 0 Å². The second-order valence-corrected chi connectivity index (χ2v) is 11.6. The first-order valence-electron chi connectivity index (χ1n) is 11.2. The summed E-state index contributed by atoms with van der Waals surface area (Å²) in [7, 11) is -3.44. The van der Waals surface area contributed by atoms with Gasteiger partial charge in [-0.05, 0) is 31.9 Å². The summed E-state index contributed by atoms with van der Waals surface area (Å²) in [5, 5.41) is 12.9. The summed E-state index contributed by atoms with van der Waals surface area (Å²) in [5.41, 5.74) is 0.455. The fourth-order valence-corrected chi connectivity index (χ4v) is 6.10. The summed E-state index contributed by atoms with van der Waals surface area (Å²) in [6.07, 6.45) is 7.33. The second-order valence-electron chi connectivity index (χ2n) is 8.58. The van der Waals surface area contributed by atoms with Gasteiger partial charge in [0, 0.05) is 25.2 Å². The normalized spacial score (nSPS) is 21.7. The van der Waals surface area contributed by atoms with Crippen LogP contribution in [0.1, 0.15) is 48.1 Å². The number of aliphatic hydroxyl groups is 1. The third-order valence-electron chi connectivity index (χ3n) is 5.85. The number of amides is 1. The molecule has 35 heavy (non-hydrogen) atoms. The summed E-state index contributed by atoms with van der Waals surface area (Å²) in [4.78, 5) is 30.9. The molecule has 5 rings (SSSR count). The molecule has 0 spiro atoms. The number of sulfonamides is 1. The molecule has 0 bridgehead atoms. The van der Waals surface area contributed by atoms with Gasteiger partial charge in [-0.2, -0.15) is 0 Å². The van der Waals surface area contributed by atoms with E-state index in [9.17, 15) is 18.3 Å². The smallest absolute Gasteiger partial charge is 0.281 e. The van der Waals surface area contributed by atoms with Crippen molar-refractivity contribution in [2.45, 2.75) is 49.5 Å². The molecule has 0 atom stereocenters. The summed E-state index contributed by atoms with van der Waals surface area (Å²) >= 11 is 1.16. The molecule has 0 aliphatic heterocycles.